The van der Waals surface area contributed by atoms with Crippen LogP contribution in [0.3, 0.4) is 0 Å². The molecule has 0 saturated heterocycles. The fraction of sp³-hybridized carbons (Fsp3) is 0.458. The molecular formula is C24H33N5O3S. The Hall–Kier alpha value is -2.62. The van der Waals surface area contributed by atoms with E-state index < -0.39 is 0 Å². The number of hydrogen-bond donors (Lipinski definition) is 0. The minimum Gasteiger partial charge on any atom is -0.494 e. The van der Waals surface area contributed by atoms with Crippen molar-refractivity contribution in [2.45, 2.75) is 46.1 Å². The summed E-state index contributed by atoms with van der Waals surface area (Å²) < 4.78 is 21.3. The van der Waals surface area contributed by atoms with E-state index in [1.54, 1.807) is 30.2 Å². The number of unbranched alkanes of at least 4 members (excludes halogenated alkanes) is 1. The van der Waals surface area contributed by atoms with Crippen molar-refractivity contribution in [1.82, 2.24) is 23.9 Å². The molecule has 0 amide bonds. The van der Waals surface area contributed by atoms with E-state index in [2.05, 4.69) is 41.6 Å². The van der Waals surface area contributed by atoms with Crippen LogP contribution in [0, 0.1) is 0 Å². The van der Waals surface area contributed by atoms with Gasteiger partial charge >= 0.3 is 0 Å². The Morgan fingerprint density at radius 1 is 1.21 bits per heavy atom. The molecule has 0 bridgehead atoms. The summed E-state index contributed by atoms with van der Waals surface area (Å²) in [6.45, 7) is 12.2. The zero-order valence-corrected chi connectivity index (χ0v) is 20.7. The van der Waals surface area contributed by atoms with Crippen LogP contribution in [0.15, 0.2) is 43.4 Å². The Morgan fingerprint density at radius 2 is 2.06 bits per heavy atom. The van der Waals surface area contributed by atoms with E-state index >= 15 is 0 Å². The Labute approximate surface area is 200 Å². The first kappa shape index (κ1) is 25.0. The van der Waals surface area contributed by atoms with E-state index in [0.717, 1.165) is 49.4 Å². The maximum absolute atomic E-state index is 5.97. The molecule has 0 aliphatic heterocycles. The minimum atomic E-state index is 0.0339. The SMILES string of the molecule is C=CCCOc1cc(-c2cc(C(C)N(CC)SOCCCC)ncc2OC)nn2ccnc12. The van der Waals surface area contributed by atoms with E-state index in [4.69, 9.17) is 18.8 Å². The Bertz CT molecular complexity index is 1040. The summed E-state index contributed by atoms with van der Waals surface area (Å²) in [5.74, 6) is 1.31. The van der Waals surface area contributed by atoms with Crippen molar-refractivity contribution in [3.8, 4) is 22.8 Å². The standard InChI is InChI=1S/C24H33N5O3S/c1-6-9-13-31-22-16-21(27-28-12-11-25-24(22)28)19-15-20(26-17-23(19)30-5)18(4)29(8-3)33-32-14-10-7-2/h6,11-12,15-18H,1,7-10,13-14H2,2-5H3. The molecule has 8 nitrogen and oxygen atoms in total. The highest BCUT2D eigenvalue weighted by Crippen LogP contribution is 2.35. The van der Waals surface area contributed by atoms with Crippen LogP contribution in [-0.4, -0.2) is 50.8 Å². The largest absolute Gasteiger partial charge is 0.494 e. The summed E-state index contributed by atoms with van der Waals surface area (Å²) in [7, 11) is 1.64. The molecule has 9 heteroatoms. The van der Waals surface area contributed by atoms with Crippen LogP contribution >= 0.6 is 12.2 Å². The first-order valence-electron chi connectivity index (χ1n) is 11.3. The molecule has 0 aromatic carbocycles. The van der Waals surface area contributed by atoms with Crippen LogP contribution in [0.25, 0.3) is 16.9 Å². The van der Waals surface area contributed by atoms with Gasteiger partial charge in [0.1, 0.15) is 5.75 Å². The lowest BCUT2D eigenvalue weighted by Crippen LogP contribution is -2.21. The van der Waals surface area contributed by atoms with Crippen molar-refractivity contribution in [2.24, 2.45) is 0 Å². The highest BCUT2D eigenvalue weighted by atomic mass is 32.2. The minimum absolute atomic E-state index is 0.0339. The molecule has 3 rings (SSSR count). The molecule has 0 fully saturated rings. The van der Waals surface area contributed by atoms with Gasteiger partial charge in [-0.3, -0.25) is 4.98 Å². The molecule has 3 heterocycles. The van der Waals surface area contributed by atoms with Crippen LogP contribution in [0.1, 0.15) is 51.8 Å². The van der Waals surface area contributed by atoms with Gasteiger partial charge in [-0.15, -0.1) is 6.58 Å². The van der Waals surface area contributed by atoms with Gasteiger partial charge in [-0.05, 0) is 25.8 Å². The summed E-state index contributed by atoms with van der Waals surface area (Å²) in [6, 6.07) is 3.96. The molecule has 0 N–H and O–H groups in total. The van der Waals surface area contributed by atoms with Gasteiger partial charge < -0.3 is 13.7 Å². The quantitative estimate of drug-likeness (QED) is 0.132. The van der Waals surface area contributed by atoms with Crippen LogP contribution in [-0.2, 0) is 4.18 Å². The smallest absolute Gasteiger partial charge is 0.196 e. The molecular weight excluding hydrogens is 438 g/mol. The number of pyridine rings is 1. The normalized spacial score (nSPS) is 12.3. The summed E-state index contributed by atoms with van der Waals surface area (Å²) in [5.41, 5.74) is 3.13. The Kier molecular flexibility index (Phi) is 9.53. The molecule has 33 heavy (non-hydrogen) atoms. The first-order chi connectivity index (χ1) is 16.1. The molecule has 3 aromatic rings. The van der Waals surface area contributed by atoms with Crippen molar-refractivity contribution >= 4 is 17.9 Å². The lowest BCUT2D eigenvalue weighted by Gasteiger charge is -2.25. The maximum Gasteiger partial charge on any atom is 0.196 e. The van der Waals surface area contributed by atoms with E-state index in [1.165, 1.54) is 12.2 Å². The Morgan fingerprint density at radius 3 is 2.79 bits per heavy atom. The topological polar surface area (TPSA) is 74.0 Å². The molecule has 0 aliphatic rings. The van der Waals surface area contributed by atoms with Crippen LogP contribution in [0.2, 0.25) is 0 Å². The number of rotatable bonds is 14. The molecule has 0 spiro atoms. The molecule has 0 radical (unpaired) electrons. The van der Waals surface area contributed by atoms with Gasteiger partial charge in [-0.1, -0.05) is 26.3 Å². The van der Waals surface area contributed by atoms with Crippen LogP contribution in [0.5, 0.6) is 11.5 Å². The number of aromatic nitrogens is 4. The first-order valence-corrected chi connectivity index (χ1v) is 12.0. The van der Waals surface area contributed by atoms with Gasteiger partial charge in [0.15, 0.2) is 11.4 Å². The summed E-state index contributed by atoms with van der Waals surface area (Å²) in [4.78, 5) is 9.04. The van der Waals surface area contributed by atoms with Gasteiger partial charge in [0.25, 0.3) is 0 Å². The second kappa shape index (κ2) is 12.6. The van der Waals surface area contributed by atoms with Gasteiger partial charge in [0.05, 0.1) is 56.2 Å². The van der Waals surface area contributed by atoms with Crippen molar-refractivity contribution in [1.29, 1.82) is 0 Å². The number of hydrogen-bond acceptors (Lipinski definition) is 8. The highest BCUT2D eigenvalue weighted by Gasteiger charge is 2.21. The van der Waals surface area contributed by atoms with E-state index in [-0.39, 0.29) is 6.04 Å². The fourth-order valence-electron chi connectivity index (χ4n) is 3.27. The van der Waals surface area contributed by atoms with Crippen molar-refractivity contribution in [3.05, 3.63) is 49.1 Å². The number of ether oxygens (including phenoxy) is 2. The second-order valence-corrected chi connectivity index (χ2v) is 8.34. The average molecular weight is 472 g/mol. The molecule has 1 unspecified atom stereocenters. The molecule has 0 saturated carbocycles. The zero-order chi connectivity index (χ0) is 23.6. The third kappa shape index (κ3) is 6.25. The molecule has 1 atom stereocenters. The second-order valence-electron chi connectivity index (χ2n) is 7.48. The third-order valence-electron chi connectivity index (χ3n) is 5.19. The third-order valence-corrected chi connectivity index (χ3v) is 6.23. The van der Waals surface area contributed by atoms with Crippen LogP contribution in [0.4, 0.5) is 0 Å². The van der Waals surface area contributed by atoms with E-state index in [9.17, 15) is 0 Å². The van der Waals surface area contributed by atoms with Crippen molar-refractivity contribution < 1.29 is 13.7 Å². The molecule has 3 aromatic heterocycles. The predicted molar refractivity (Wildman–Crippen MR) is 132 cm³/mol. The summed E-state index contributed by atoms with van der Waals surface area (Å²) >= 11 is 1.40. The number of imidazole rings is 1. The molecule has 0 aliphatic carbocycles. The van der Waals surface area contributed by atoms with Gasteiger partial charge in [0, 0.05) is 30.6 Å². The lowest BCUT2D eigenvalue weighted by atomic mass is 10.1. The highest BCUT2D eigenvalue weighted by molar-refractivity contribution is 7.92. The number of methoxy groups -OCH3 is 1. The van der Waals surface area contributed by atoms with E-state index in [1.807, 2.05) is 18.2 Å². The number of fused-ring (bicyclic) bond motifs is 1. The zero-order valence-electron chi connectivity index (χ0n) is 19.9. The van der Waals surface area contributed by atoms with Gasteiger partial charge in [0.2, 0.25) is 0 Å². The van der Waals surface area contributed by atoms with Crippen LogP contribution < -0.4 is 9.47 Å². The van der Waals surface area contributed by atoms with Gasteiger partial charge in [-0.2, -0.15) is 5.10 Å². The fourth-order valence-corrected chi connectivity index (χ4v) is 3.95. The average Bonchev–Trinajstić information content (AvgIpc) is 3.32. The predicted octanol–water partition coefficient (Wildman–Crippen LogP) is 5.52. The monoisotopic (exact) mass is 471 g/mol. The number of nitrogens with zero attached hydrogens (tertiary/aromatic N) is 5. The maximum atomic E-state index is 5.97. The summed E-state index contributed by atoms with van der Waals surface area (Å²) in [6.07, 6.45) is 9.99. The summed E-state index contributed by atoms with van der Waals surface area (Å²) in [5, 5.41) is 4.74. The molecule has 178 valence electrons. The van der Waals surface area contributed by atoms with Crippen molar-refractivity contribution in [2.75, 3.05) is 26.9 Å². The Balaban J connectivity index is 1.93. The van der Waals surface area contributed by atoms with Gasteiger partial charge in [-0.25, -0.2) is 13.8 Å². The lowest BCUT2D eigenvalue weighted by molar-refractivity contribution is 0.306. The van der Waals surface area contributed by atoms with E-state index in [0.29, 0.717) is 23.8 Å². The van der Waals surface area contributed by atoms with Crippen molar-refractivity contribution in [3.63, 3.8) is 0 Å².